The second-order valence-corrected chi connectivity index (χ2v) is 4.64. The second kappa shape index (κ2) is 4.22. The fraction of sp³-hybridized carbons (Fsp3) is 0.167. The Bertz CT molecular complexity index is 552. The van der Waals surface area contributed by atoms with Gasteiger partial charge in [-0.15, -0.1) is 0 Å². The van der Waals surface area contributed by atoms with Gasteiger partial charge in [0.1, 0.15) is 0 Å². The second-order valence-electron chi connectivity index (χ2n) is 3.73. The summed E-state index contributed by atoms with van der Waals surface area (Å²) in [5.74, 6) is -0.00880. The van der Waals surface area contributed by atoms with Gasteiger partial charge in [-0.05, 0) is 34.1 Å². The zero-order valence-electron chi connectivity index (χ0n) is 9.07. The van der Waals surface area contributed by atoms with Gasteiger partial charge in [0, 0.05) is 35.7 Å². The number of fused-ring (bicyclic) bond motifs is 1. The van der Waals surface area contributed by atoms with Gasteiger partial charge in [-0.25, -0.2) is 0 Å². The van der Waals surface area contributed by atoms with Crippen molar-refractivity contribution in [1.82, 2.24) is 9.88 Å². The van der Waals surface area contributed by atoms with E-state index in [4.69, 9.17) is 0 Å². The third-order valence-corrected chi connectivity index (χ3v) is 2.76. The third-order valence-electron chi connectivity index (χ3n) is 2.33. The first-order valence-electron chi connectivity index (χ1n) is 4.85. The number of pyridine rings is 1. The van der Waals surface area contributed by atoms with E-state index in [0.717, 1.165) is 15.4 Å². The molecule has 82 valence electrons. The third kappa shape index (κ3) is 1.93. The molecule has 1 heterocycles. The number of aromatic nitrogens is 1. The molecular formula is C12H11BrN2O. The molecule has 2 aromatic rings. The SMILES string of the molecule is CN(C)C(=O)c1cccc2ncc(Br)cc12. The van der Waals surface area contributed by atoms with Crippen LogP contribution in [0.4, 0.5) is 0 Å². The molecule has 0 N–H and O–H groups in total. The summed E-state index contributed by atoms with van der Waals surface area (Å²) in [7, 11) is 3.49. The minimum Gasteiger partial charge on any atom is -0.345 e. The van der Waals surface area contributed by atoms with Gasteiger partial charge >= 0.3 is 0 Å². The zero-order valence-corrected chi connectivity index (χ0v) is 10.7. The average Bonchev–Trinajstić information content (AvgIpc) is 2.27. The molecule has 0 unspecified atom stereocenters. The van der Waals surface area contributed by atoms with Crippen molar-refractivity contribution in [2.45, 2.75) is 0 Å². The molecule has 0 bridgehead atoms. The maximum atomic E-state index is 12.0. The Morgan fingerprint density at radius 3 is 2.81 bits per heavy atom. The van der Waals surface area contributed by atoms with Gasteiger partial charge in [-0.1, -0.05) is 6.07 Å². The molecule has 0 saturated heterocycles. The summed E-state index contributed by atoms with van der Waals surface area (Å²) >= 11 is 3.37. The van der Waals surface area contributed by atoms with Gasteiger partial charge in [0.15, 0.2) is 0 Å². The van der Waals surface area contributed by atoms with Gasteiger partial charge in [0.05, 0.1) is 5.52 Å². The lowest BCUT2D eigenvalue weighted by Crippen LogP contribution is -2.21. The number of carbonyl (C=O) groups excluding carboxylic acids is 1. The van der Waals surface area contributed by atoms with Crippen LogP contribution in [-0.4, -0.2) is 29.9 Å². The van der Waals surface area contributed by atoms with E-state index in [9.17, 15) is 4.79 Å². The molecule has 0 spiro atoms. The Labute approximate surface area is 102 Å². The van der Waals surface area contributed by atoms with Crippen molar-refractivity contribution in [2.75, 3.05) is 14.1 Å². The van der Waals surface area contributed by atoms with Crippen LogP contribution in [0.15, 0.2) is 34.9 Å². The van der Waals surface area contributed by atoms with Crippen LogP contribution < -0.4 is 0 Å². The van der Waals surface area contributed by atoms with E-state index in [2.05, 4.69) is 20.9 Å². The Morgan fingerprint density at radius 2 is 2.12 bits per heavy atom. The molecule has 4 heteroatoms. The molecule has 3 nitrogen and oxygen atoms in total. The lowest BCUT2D eigenvalue weighted by molar-refractivity contribution is 0.0829. The molecule has 0 fully saturated rings. The first-order chi connectivity index (χ1) is 7.59. The monoisotopic (exact) mass is 278 g/mol. The fourth-order valence-electron chi connectivity index (χ4n) is 1.55. The number of benzene rings is 1. The first-order valence-corrected chi connectivity index (χ1v) is 5.65. The smallest absolute Gasteiger partial charge is 0.254 e. The van der Waals surface area contributed by atoms with E-state index in [0.29, 0.717) is 5.56 Å². The Kier molecular flexibility index (Phi) is 2.92. The van der Waals surface area contributed by atoms with Crippen LogP contribution in [0, 0.1) is 0 Å². The predicted octanol–water partition coefficient (Wildman–Crippen LogP) is 2.70. The number of hydrogen-bond acceptors (Lipinski definition) is 2. The minimum atomic E-state index is -0.00880. The van der Waals surface area contributed by atoms with Crippen molar-refractivity contribution in [3.05, 3.63) is 40.5 Å². The van der Waals surface area contributed by atoms with Gasteiger partial charge in [0.2, 0.25) is 0 Å². The molecular weight excluding hydrogens is 268 g/mol. The van der Waals surface area contributed by atoms with Crippen LogP contribution >= 0.6 is 15.9 Å². The van der Waals surface area contributed by atoms with E-state index >= 15 is 0 Å². The van der Waals surface area contributed by atoms with Crippen LogP contribution in [0.3, 0.4) is 0 Å². The Hall–Kier alpha value is -1.42. The van der Waals surface area contributed by atoms with E-state index in [-0.39, 0.29) is 5.91 Å². The van der Waals surface area contributed by atoms with E-state index in [1.54, 1.807) is 25.2 Å². The molecule has 1 aromatic carbocycles. The average molecular weight is 279 g/mol. The Balaban J connectivity index is 2.69. The van der Waals surface area contributed by atoms with Gasteiger partial charge in [-0.3, -0.25) is 9.78 Å². The maximum Gasteiger partial charge on any atom is 0.254 e. The van der Waals surface area contributed by atoms with Crippen molar-refractivity contribution in [3.8, 4) is 0 Å². The number of halogens is 1. The molecule has 0 atom stereocenters. The highest BCUT2D eigenvalue weighted by Crippen LogP contribution is 2.21. The molecule has 0 aliphatic carbocycles. The molecule has 2 rings (SSSR count). The summed E-state index contributed by atoms with van der Waals surface area (Å²) in [6, 6.07) is 7.48. The summed E-state index contributed by atoms with van der Waals surface area (Å²) in [4.78, 5) is 17.8. The highest BCUT2D eigenvalue weighted by Gasteiger charge is 2.12. The molecule has 0 saturated carbocycles. The summed E-state index contributed by atoms with van der Waals surface area (Å²) < 4.78 is 0.874. The van der Waals surface area contributed by atoms with Crippen LogP contribution in [0.25, 0.3) is 10.9 Å². The normalized spacial score (nSPS) is 10.4. The summed E-state index contributed by atoms with van der Waals surface area (Å²) in [6.45, 7) is 0. The number of hydrogen-bond donors (Lipinski definition) is 0. The topological polar surface area (TPSA) is 33.2 Å². The number of nitrogens with zero attached hydrogens (tertiary/aromatic N) is 2. The van der Waals surface area contributed by atoms with E-state index in [1.165, 1.54) is 0 Å². The van der Waals surface area contributed by atoms with Gasteiger partial charge in [0.25, 0.3) is 5.91 Å². The van der Waals surface area contributed by atoms with Crippen molar-refractivity contribution in [3.63, 3.8) is 0 Å². The highest BCUT2D eigenvalue weighted by atomic mass is 79.9. The molecule has 0 radical (unpaired) electrons. The van der Waals surface area contributed by atoms with E-state index < -0.39 is 0 Å². The van der Waals surface area contributed by atoms with Crippen LogP contribution in [0.1, 0.15) is 10.4 Å². The van der Waals surface area contributed by atoms with Gasteiger partial charge < -0.3 is 4.90 Å². The van der Waals surface area contributed by atoms with Crippen LogP contribution in [-0.2, 0) is 0 Å². The van der Waals surface area contributed by atoms with E-state index in [1.807, 2.05) is 24.3 Å². The van der Waals surface area contributed by atoms with Crippen LogP contribution in [0.2, 0.25) is 0 Å². The summed E-state index contributed by atoms with van der Waals surface area (Å²) in [5, 5.41) is 0.871. The fourth-order valence-corrected chi connectivity index (χ4v) is 1.88. The number of rotatable bonds is 1. The molecule has 0 aliphatic heterocycles. The minimum absolute atomic E-state index is 0.00880. The Morgan fingerprint density at radius 1 is 1.38 bits per heavy atom. The molecule has 1 aromatic heterocycles. The van der Waals surface area contributed by atoms with Gasteiger partial charge in [-0.2, -0.15) is 0 Å². The zero-order chi connectivity index (χ0) is 11.7. The quantitative estimate of drug-likeness (QED) is 0.804. The maximum absolute atomic E-state index is 12.0. The lowest BCUT2D eigenvalue weighted by Gasteiger charge is -2.12. The van der Waals surface area contributed by atoms with Crippen LogP contribution in [0.5, 0.6) is 0 Å². The predicted molar refractivity (Wildman–Crippen MR) is 67.5 cm³/mol. The highest BCUT2D eigenvalue weighted by molar-refractivity contribution is 9.10. The largest absolute Gasteiger partial charge is 0.345 e. The number of amides is 1. The van der Waals surface area contributed by atoms with Crippen molar-refractivity contribution < 1.29 is 4.79 Å². The number of carbonyl (C=O) groups is 1. The van der Waals surface area contributed by atoms with Crippen molar-refractivity contribution in [1.29, 1.82) is 0 Å². The van der Waals surface area contributed by atoms with Crippen molar-refractivity contribution in [2.24, 2.45) is 0 Å². The standard InChI is InChI=1S/C12H11BrN2O/c1-15(2)12(16)9-4-3-5-11-10(9)6-8(13)7-14-11/h3-7H,1-2H3. The molecule has 16 heavy (non-hydrogen) atoms. The molecule has 1 amide bonds. The van der Waals surface area contributed by atoms with Crippen molar-refractivity contribution >= 4 is 32.7 Å². The summed E-state index contributed by atoms with van der Waals surface area (Å²) in [6.07, 6.45) is 1.73. The lowest BCUT2D eigenvalue weighted by atomic mass is 10.1. The molecule has 0 aliphatic rings. The first kappa shape index (κ1) is 11.1. The summed E-state index contributed by atoms with van der Waals surface area (Å²) in [5.41, 5.74) is 1.51.